The van der Waals surface area contributed by atoms with Gasteiger partial charge < -0.3 is 9.84 Å². The van der Waals surface area contributed by atoms with E-state index < -0.39 is 6.16 Å². The second kappa shape index (κ2) is 11.1. The van der Waals surface area contributed by atoms with Crippen molar-refractivity contribution in [1.82, 2.24) is 0 Å². The van der Waals surface area contributed by atoms with Gasteiger partial charge in [0.1, 0.15) is 5.75 Å². The van der Waals surface area contributed by atoms with Crippen molar-refractivity contribution in [3.05, 3.63) is 29.3 Å². The molecule has 0 amide bonds. The van der Waals surface area contributed by atoms with Crippen LogP contribution >= 0.6 is 0 Å². The Morgan fingerprint density at radius 3 is 2.27 bits per heavy atom. The van der Waals surface area contributed by atoms with E-state index in [0.717, 1.165) is 31.2 Å². The van der Waals surface area contributed by atoms with Crippen molar-refractivity contribution in [3.63, 3.8) is 0 Å². The summed E-state index contributed by atoms with van der Waals surface area (Å²) in [6, 6.07) is 5.75. The number of benzene rings is 1. The Morgan fingerprint density at radius 2 is 1.64 bits per heavy atom. The van der Waals surface area contributed by atoms with E-state index in [2.05, 4.69) is 19.9 Å². The highest BCUT2D eigenvalue weighted by Crippen LogP contribution is 2.26. The standard InChI is InChI=1S/C19H30O3/c1-3-5-6-7-8-9-10-14-17-16(12-4-2)13-11-15-18(17)22-19(20)21/h11,13,15H,3-10,12,14H2,1-2H3,(H,20,21). The SMILES string of the molecule is CCCCCCCCCc1c(CCC)cccc1OC(=O)O. The molecule has 0 aliphatic heterocycles. The van der Waals surface area contributed by atoms with Crippen LogP contribution < -0.4 is 4.74 Å². The molecule has 0 atom stereocenters. The molecule has 1 N–H and O–H groups in total. The number of carbonyl (C=O) groups is 1. The summed E-state index contributed by atoms with van der Waals surface area (Å²) in [5.41, 5.74) is 2.31. The summed E-state index contributed by atoms with van der Waals surface area (Å²) < 4.78 is 4.96. The number of rotatable bonds is 11. The van der Waals surface area contributed by atoms with Crippen LogP contribution in [0.5, 0.6) is 5.75 Å². The molecular weight excluding hydrogens is 276 g/mol. The highest BCUT2D eigenvalue weighted by Gasteiger charge is 2.11. The first-order chi connectivity index (χ1) is 10.7. The van der Waals surface area contributed by atoms with E-state index in [-0.39, 0.29) is 0 Å². The predicted octanol–water partition coefficient (Wildman–Crippen LogP) is 5.99. The van der Waals surface area contributed by atoms with Gasteiger partial charge in [0.15, 0.2) is 0 Å². The lowest BCUT2D eigenvalue weighted by Crippen LogP contribution is -2.07. The Balaban J connectivity index is 2.56. The fourth-order valence-corrected chi connectivity index (χ4v) is 2.85. The van der Waals surface area contributed by atoms with Crippen LogP contribution in [0.1, 0.15) is 76.3 Å². The molecule has 0 fully saturated rings. The summed E-state index contributed by atoms with van der Waals surface area (Å²) in [6.45, 7) is 4.37. The fraction of sp³-hybridized carbons (Fsp3) is 0.632. The normalized spacial score (nSPS) is 10.6. The predicted molar refractivity (Wildman–Crippen MR) is 90.8 cm³/mol. The van der Waals surface area contributed by atoms with Crippen LogP contribution in [-0.2, 0) is 12.8 Å². The molecule has 1 aromatic rings. The van der Waals surface area contributed by atoms with Crippen molar-refractivity contribution in [3.8, 4) is 5.75 Å². The first-order valence-electron chi connectivity index (χ1n) is 8.70. The number of hydrogen-bond acceptors (Lipinski definition) is 2. The Kier molecular flexibility index (Phi) is 9.36. The van der Waals surface area contributed by atoms with Crippen LogP contribution in [0.3, 0.4) is 0 Å². The van der Waals surface area contributed by atoms with E-state index in [9.17, 15) is 4.79 Å². The Morgan fingerprint density at radius 1 is 0.955 bits per heavy atom. The third-order valence-corrected chi connectivity index (χ3v) is 3.98. The van der Waals surface area contributed by atoms with E-state index in [1.54, 1.807) is 6.07 Å². The van der Waals surface area contributed by atoms with E-state index in [1.165, 1.54) is 44.1 Å². The topological polar surface area (TPSA) is 46.5 Å². The zero-order valence-electron chi connectivity index (χ0n) is 14.1. The molecule has 0 aliphatic rings. The van der Waals surface area contributed by atoms with Crippen LogP contribution in [0.2, 0.25) is 0 Å². The van der Waals surface area contributed by atoms with Gasteiger partial charge >= 0.3 is 6.16 Å². The van der Waals surface area contributed by atoms with Gasteiger partial charge in [0.2, 0.25) is 0 Å². The molecule has 0 aromatic heterocycles. The molecule has 0 saturated carbocycles. The van der Waals surface area contributed by atoms with Crippen LogP contribution in [0.4, 0.5) is 4.79 Å². The zero-order chi connectivity index (χ0) is 16.2. The van der Waals surface area contributed by atoms with Gasteiger partial charge in [-0.3, -0.25) is 0 Å². The summed E-state index contributed by atoms with van der Waals surface area (Å²) in [5.74, 6) is 0.518. The van der Waals surface area contributed by atoms with E-state index in [4.69, 9.17) is 9.84 Å². The first-order valence-corrected chi connectivity index (χ1v) is 8.70. The average molecular weight is 306 g/mol. The van der Waals surface area contributed by atoms with Crippen LogP contribution in [0.25, 0.3) is 0 Å². The third-order valence-electron chi connectivity index (χ3n) is 3.98. The molecule has 1 rings (SSSR count). The fourth-order valence-electron chi connectivity index (χ4n) is 2.85. The summed E-state index contributed by atoms with van der Waals surface area (Å²) in [7, 11) is 0. The minimum absolute atomic E-state index is 0.518. The molecule has 0 bridgehead atoms. The molecule has 0 unspecified atom stereocenters. The van der Waals surface area contributed by atoms with Crippen LogP contribution in [0, 0.1) is 0 Å². The lowest BCUT2D eigenvalue weighted by atomic mass is 9.96. The van der Waals surface area contributed by atoms with Gasteiger partial charge in [-0.1, -0.05) is 70.9 Å². The summed E-state index contributed by atoms with van der Waals surface area (Å²) >= 11 is 0. The van der Waals surface area contributed by atoms with Crippen LogP contribution in [0.15, 0.2) is 18.2 Å². The van der Waals surface area contributed by atoms with E-state index in [0.29, 0.717) is 5.75 Å². The smallest absolute Gasteiger partial charge is 0.449 e. The number of aryl methyl sites for hydroxylation is 1. The van der Waals surface area contributed by atoms with Crippen molar-refractivity contribution in [2.75, 3.05) is 0 Å². The highest BCUT2D eigenvalue weighted by molar-refractivity contribution is 5.62. The van der Waals surface area contributed by atoms with Gasteiger partial charge in [-0.05, 0) is 36.5 Å². The maximum atomic E-state index is 10.8. The van der Waals surface area contributed by atoms with Gasteiger partial charge in [-0.15, -0.1) is 0 Å². The van der Waals surface area contributed by atoms with Crippen molar-refractivity contribution < 1.29 is 14.6 Å². The molecular formula is C19H30O3. The minimum atomic E-state index is -1.23. The quantitative estimate of drug-likeness (QED) is 0.310. The molecule has 0 spiro atoms. The third kappa shape index (κ3) is 6.97. The summed E-state index contributed by atoms with van der Waals surface area (Å²) in [5, 5.41) is 8.88. The van der Waals surface area contributed by atoms with Crippen molar-refractivity contribution in [2.24, 2.45) is 0 Å². The summed E-state index contributed by atoms with van der Waals surface area (Å²) in [4.78, 5) is 10.8. The second-order valence-corrected chi connectivity index (χ2v) is 5.88. The molecule has 0 aliphatic carbocycles. The summed E-state index contributed by atoms with van der Waals surface area (Å²) in [6.07, 6.45) is 10.5. The highest BCUT2D eigenvalue weighted by atomic mass is 16.7. The molecule has 1 aromatic carbocycles. The van der Waals surface area contributed by atoms with Crippen molar-refractivity contribution >= 4 is 6.16 Å². The number of unbranched alkanes of at least 4 members (excludes halogenated alkanes) is 6. The number of carboxylic acid groups (broad SMARTS) is 1. The maximum Gasteiger partial charge on any atom is 0.511 e. The van der Waals surface area contributed by atoms with E-state index in [1.807, 2.05) is 6.07 Å². The van der Waals surface area contributed by atoms with Crippen molar-refractivity contribution in [1.29, 1.82) is 0 Å². The zero-order valence-corrected chi connectivity index (χ0v) is 14.1. The molecule has 0 radical (unpaired) electrons. The second-order valence-electron chi connectivity index (χ2n) is 5.88. The molecule has 0 saturated heterocycles. The van der Waals surface area contributed by atoms with Crippen molar-refractivity contribution in [2.45, 2.75) is 78.1 Å². The number of ether oxygens (including phenoxy) is 1. The van der Waals surface area contributed by atoms with Gasteiger partial charge in [0, 0.05) is 0 Å². The Bertz CT molecular complexity index is 440. The molecule has 3 heteroatoms. The molecule has 3 nitrogen and oxygen atoms in total. The Labute approximate surface area is 134 Å². The monoisotopic (exact) mass is 306 g/mol. The molecule has 0 heterocycles. The lowest BCUT2D eigenvalue weighted by molar-refractivity contribution is 0.144. The average Bonchev–Trinajstić information content (AvgIpc) is 2.48. The van der Waals surface area contributed by atoms with Gasteiger partial charge in [-0.2, -0.15) is 0 Å². The van der Waals surface area contributed by atoms with Gasteiger partial charge in [0.25, 0.3) is 0 Å². The molecule has 22 heavy (non-hydrogen) atoms. The lowest BCUT2D eigenvalue weighted by Gasteiger charge is -2.13. The van der Waals surface area contributed by atoms with Gasteiger partial charge in [0.05, 0.1) is 0 Å². The first kappa shape index (κ1) is 18.5. The Hall–Kier alpha value is -1.51. The maximum absolute atomic E-state index is 10.8. The number of hydrogen-bond donors (Lipinski definition) is 1. The van der Waals surface area contributed by atoms with Crippen LogP contribution in [-0.4, -0.2) is 11.3 Å². The van der Waals surface area contributed by atoms with Gasteiger partial charge in [-0.25, -0.2) is 4.79 Å². The minimum Gasteiger partial charge on any atom is -0.449 e. The van der Waals surface area contributed by atoms with E-state index >= 15 is 0 Å². The largest absolute Gasteiger partial charge is 0.511 e. The molecule has 124 valence electrons.